The maximum atomic E-state index is 12.0. The lowest BCUT2D eigenvalue weighted by molar-refractivity contribution is -0.0139. The third-order valence-corrected chi connectivity index (χ3v) is 4.02. The molecule has 4 heteroatoms. The number of piperidine rings is 1. The van der Waals surface area contributed by atoms with Gasteiger partial charge in [0.1, 0.15) is 5.60 Å². The number of likely N-dealkylation sites (tertiary alicyclic amines) is 1. The molecular formula is C18H27NO3. The van der Waals surface area contributed by atoms with Crippen molar-refractivity contribution in [3.63, 3.8) is 0 Å². The summed E-state index contributed by atoms with van der Waals surface area (Å²) >= 11 is 0. The van der Waals surface area contributed by atoms with E-state index < -0.39 is 11.7 Å². The summed E-state index contributed by atoms with van der Waals surface area (Å²) in [6.07, 6.45) is 1.95. The van der Waals surface area contributed by atoms with Crippen molar-refractivity contribution in [3.05, 3.63) is 35.9 Å². The highest BCUT2D eigenvalue weighted by molar-refractivity contribution is 5.68. The smallest absolute Gasteiger partial charge is 0.410 e. The zero-order valence-corrected chi connectivity index (χ0v) is 13.8. The molecule has 1 aliphatic rings. The molecule has 0 aliphatic carbocycles. The largest absolute Gasteiger partial charge is 0.444 e. The fourth-order valence-corrected chi connectivity index (χ4v) is 2.81. The van der Waals surface area contributed by atoms with Crippen LogP contribution in [0.15, 0.2) is 30.3 Å². The van der Waals surface area contributed by atoms with Gasteiger partial charge < -0.3 is 14.7 Å². The highest BCUT2D eigenvalue weighted by Gasteiger charge is 2.32. The van der Waals surface area contributed by atoms with Gasteiger partial charge in [-0.1, -0.05) is 30.3 Å². The van der Waals surface area contributed by atoms with Gasteiger partial charge in [-0.05, 0) is 51.5 Å². The molecule has 1 aromatic carbocycles. The number of rotatable bonds is 3. The van der Waals surface area contributed by atoms with Crippen LogP contribution in [0.5, 0.6) is 0 Å². The lowest BCUT2D eigenvalue weighted by atomic mass is 9.88. The first-order valence-electron chi connectivity index (χ1n) is 8.05. The quantitative estimate of drug-likeness (QED) is 0.932. The van der Waals surface area contributed by atoms with E-state index in [2.05, 4.69) is 12.1 Å². The Hall–Kier alpha value is -1.55. The van der Waals surface area contributed by atoms with Gasteiger partial charge >= 0.3 is 6.09 Å². The number of carbonyl (C=O) groups is 1. The summed E-state index contributed by atoms with van der Waals surface area (Å²) in [6, 6.07) is 10.3. The van der Waals surface area contributed by atoms with E-state index in [-0.39, 0.29) is 12.0 Å². The van der Waals surface area contributed by atoms with E-state index in [1.807, 2.05) is 39.0 Å². The molecule has 1 saturated heterocycles. The molecule has 0 unspecified atom stereocenters. The molecular weight excluding hydrogens is 278 g/mol. The first-order chi connectivity index (χ1) is 10.3. The number of amides is 1. The Morgan fingerprint density at radius 2 is 2.00 bits per heavy atom. The van der Waals surface area contributed by atoms with E-state index in [0.717, 1.165) is 19.3 Å². The first kappa shape index (κ1) is 16.8. The van der Waals surface area contributed by atoms with Crippen LogP contribution in [0.1, 0.15) is 39.2 Å². The normalized spacial score (nSPS) is 22.5. The number of carbonyl (C=O) groups excluding carboxylic acids is 1. The zero-order valence-electron chi connectivity index (χ0n) is 13.8. The van der Waals surface area contributed by atoms with Crippen molar-refractivity contribution in [1.82, 2.24) is 4.90 Å². The molecule has 22 heavy (non-hydrogen) atoms. The minimum absolute atomic E-state index is 0.249. The number of hydrogen-bond donors (Lipinski definition) is 1. The minimum Gasteiger partial charge on any atom is -0.444 e. The summed E-state index contributed by atoms with van der Waals surface area (Å²) in [5.74, 6) is 0.249. The van der Waals surface area contributed by atoms with Gasteiger partial charge in [-0.15, -0.1) is 0 Å². The number of nitrogens with zero attached hydrogens (tertiary/aromatic N) is 1. The predicted molar refractivity (Wildman–Crippen MR) is 86.7 cm³/mol. The summed E-state index contributed by atoms with van der Waals surface area (Å²) in [5.41, 5.74) is 0.802. The van der Waals surface area contributed by atoms with Gasteiger partial charge in [-0.25, -0.2) is 4.79 Å². The van der Waals surface area contributed by atoms with E-state index in [9.17, 15) is 9.90 Å². The fourth-order valence-electron chi connectivity index (χ4n) is 2.81. The average molecular weight is 305 g/mol. The van der Waals surface area contributed by atoms with E-state index in [0.29, 0.717) is 13.1 Å². The highest BCUT2D eigenvalue weighted by atomic mass is 16.6. The number of aryl methyl sites for hydroxylation is 1. The maximum Gasteiger partial charge on any atom is 0.410 e. The van der Waals surface area contributed by atoms with E-state index in [1.165, 1.54) is 5.56 Å². The lowest BCUT2D eigenvalue weighted by Gasteiger charge is -2.36. The van der Waals surface area contributed by atoms with Crippen LogP contribution >= 0.6 is 0 Å². The Morgan fingerprint density at radius 3 is 2.59 bits per heavy atom. The van der Waals surface area contributed by atoms with Crippen molar-refractivity contribution in [3.8, 4) is 0 Å². The SMILES string of the molecule is CC(C)(C)OC(=O)N1CC[C@H](CCc2ccccc2)[C@H](O)C1. The van der Waals surface area contributed by atoms with Crippen LogP contribution in [-0.2, 0) is 11.2 Å². The van der Waals surface area contributed by atoms with Gasteiger partial charge in [-0.2, -0.15) is 0 Å². The topological polar surface area (TPSA) is 49.8 Å². The molecule has 0 bridgehead atoms. The minimum atomic E-state index is -0.494. The Balaban J connectivity index is 1.81. The van der Waals surface area contributed by atoms with Gasteiger partial charge in [-0.3, -0.25) is 0 Å². The monoisotopic (exact) mass is 305 g/mol. The molecule has 1 heterocycles. The Morgan fingerprint density at radius 1 is 1.32 bits per heavy atom. The fraction of sp³-hybridized carbons (Fsp3) is 0.611. The molecule has 0 radical (unpaired) electrons. The third kappa shape index (κ3) is 5.02. The van der Waals surface area contributed by atoms with Crippen LogP contribution in [0.25, 0.3) is 0 Å². The second-order valence-corrected chi connectivity index (χ2v) is 7.07. The van der Waals surface area contributed by atoms with Gasteiger partial charge in [0.05, 0.1) is 12.6 Å². The highest BCUT2D eigenvalue weighted by Crippen LogP contribution is 2.24. The van der Waals surface area contributed by atoms with Gasteiger partial charge in [0.25, 0.3) is 0 Å². The van der Waals surface area contributed by atoms with Crippen molar-refractivity contribution >= 4 is 6.09 Å². The zero-order chi connectivity index (χ0) is 16.2. The van der Waals surface area contributed by atoms with Crippen LogP contribution in [-0.4, -0.2) is 40.9 Å². The molecule has 1 amide bonds. The standard InChI is InChI=1S/C18H27NO3/c1-18(2,3)22-17(21)19-12-11-15(16(20)13-19)10-9-14-7-5-4-6-8-14/h4-8,15-16,20H,9-13H2,1-3H3/t15-,16+/m0/s1. The van der Waals surface area contributed by atoms with Crippen molar-refractivity contribution in [2.75, 3.05) is 13.1 Å². The first-order valence-corrected chi connectivity index (χ1v) is 8.05. The third-order valence-electron chi connectivity index (χ3n) is 4.02. The van der Waals surface area contributed by atoms with Gasteiger partial charge in [0, 0.05) is 6.54 Å². The van der Waals surface area contributed by atoms with E-state index in [1.54, 1.807) is 4.90 Å². The Kier molecular flexibility index (Phi) is 5.46. The van der Waals surface area contributed by atoms with Crippen LogP contribution in [0, 0.1) is 5.92 Å². The summed E-state index contributed by atoms with van der Waals surface area (Å²) in [5, 5.41) is 10.3. The summed E-state index contributed by atoms with van der Waals surface area (Å²) in [6.45, 7) is 6.59. The molecule has 1 aliphatic heterocycles. The Bertz CT molecular complexity index is 481. The summed E-state index contributed by atoms with van der Waals surface area (Å²) < 4.78 is 5.37. The van der Waals surface area contributed by atoms with Gasteiger partial charge in [0.15, 0.2) is 0 Å². The second-order valence-electron chi connectivity index (χ2n) is 7.07. The molecule has 1 N–H and O–H groups in total. The van der Waals surface area contributed by atoms with Crippen LogP contribution in [0.2, 0.25) is 0 Å². The molecule has 4 nitrogen and oxygen atoms in total. The van der Waals surface area contributed by atoms with Crippen LogP contribution in [0.4, 0.5) is 4.79 Å². The van der Waals surface area contributed by atoms with E-state index in [4.69, 9.17) is 4.74 Å². The number of aliphatic hydroxyl groups excluding tert-OH is 1. The predicted octanol–water partition coefficient (Wildman–Crippen LogP) is 3.24. The molecule has 1 fully saturated rings. The molecule has 0 saturated carbocycles. The van der Waals surface area contributed by atoms with Crippen molar-refractivity contribution in [1.29, 1.82) is 0 Å². The molecule has 0 aromatic heterocycles. The molecule has 122 valence electrons. The number of aliphatic hydroxyl groups is 1. The van der Waals surface area contributed by atoms with Gasteiger partial charge in [0.2, 0.25) is 0 Å². The van der Waals surface area contributed by atoms with Crippen molar-refractivity contribution in [2.24, 2.45) is 5.92 Å². The van der Waals surface area contributed by atoms with Crippen molar-refractivity contribution < 1.29 is 14.6 Å². The molecule has 0 spiro atoms. The lowest BCUT2D eigenvalue weighted by Crippen LogP contribution is -2.48. The summed E-state index contributed by atoms with van der Waals surface area (Å²) in [7, 11) is 0. The second kappa shape index (κ2) is 7.14. The Labute approximate surface area is 133 Å². The van der Waals surface area contributed by atoms with Crippen molar-refractivity contribution in [2.45, 2.75) is 51.7 Å². The number of ether oxygens (including phenoxy) is 1. The maximum absolute atomic E-state index is 12.0. The molecule has 2 rings (SSSR count). The van der Waals surface area contributed by atoms with E-state index >= 15 is 0 Å². The number of hydrogen-bond acceptors (Lipinski definition) is 3. The number of benzene rings is 1. The number of β-amino-alcohol motifs (C(OH)–C–C–N with tert-alkyl or cyclic N) is 1. The van der Waals surface area contributed by atoms with Crippen LogP contribution < -0.4 is 0 Å². The average Bonchev–Trinajstić information content (AvgIpc) is 2.45. The summed E-state index contributed by atoms with van der Waals surface area (Å²) in [4.78, 5) is 13.7. The molecule has 1 aromatic rings. The molecule has 2 atom stereocenters. The van der Waals surface area contributed by atoms with Crippen LogP contribution in [0.3, 0.4) is 0 Å².